The van der Waals surface area contributed by atoms with Crippen molar-refractivity contribution in [2.45, 2.75) is 19.4 Å². The van der Waals surface area contributed by atoms with Gasteiger partial charge >= 0.3 is 0 Å². The summed E-state index contributed by atoms with van der Waals surface area (Å²) in [5, 5.41) is 3.75. The number of likely N-dealkylation sites (tertiary alicyclic amines) is 1. The molecule has 0 saturated carbocycles. The highest BCUT2D eigenvalue weighted by molar-refractivity contribution is 5.92. The lowest BCUT2D eigenvalue weighted by atomic mass is 10.3. The first-order valence-corrected chi connectivity index (χ1v) is 6.91. The molecule has 8 heteroatoms. The van der Waals surface area contributed by atoms with Crippen LogP contribution in [-0.4, -0.2) is 52.2 Å². The van der Waals surface area contributed by atoms with Crippen molar-refractivity contribution in [3.05, 3.63) is 29.9 Å². The van der Waals surface area contributed by atoms with Crippen molar-refractivity contribution in [2.24, 2.45) is 0 Å². The monoisotopic (exact) mass is 304 g/mol. The van der Waals surface area contributed by atoms with E-state index in [4.69, 9.17) is 14.0 Å². The van der Waals surface area contributed by atoms with E-state index in [1.54, 1.807) is 17.9 Å². The molecule has 2 aromatic rings. The molecule has 1 fully saturated rings. The Morgan fingerprint density at radius 3 is 2.95 bits per heavy atom. The molecule has 3 heterocycles. The van der Waals surface area contributed by atoms with E-state index in [0.717, 1.165) is 6.42 Å². The Morgan fingerprint density at radius 1 is 1.41 bits per heavy atom. The van der Waals surface area contributed by atoms with Crippen molar-refractivity contribution in [1.29, 1.82) is 0 Å². The fourth-order valence-corrected chi connectivity index (χ4v) is 2.30. The number of methoxy groups -OCH3 is 1. The van der Waals surface area contributed by atoms with Crippen molar-refractivity contribution in [3.63, 3.8) is 0 Å². The molecule has 1 unspecified atom stereocenters. The molecule has 1 atom stereocenters. The molecule has 1 aliphatic heterocycles. The number of hydrogen-bond acceptors (Lipinski definition) is 7. The van der Waals surface area contributed by atoms with E-state index in [2.05, 4.69) is 15.1 Å². The third-order valence-electron chi connectivity index (χ3n) is 3.37. The van der Waals surface area contributed by atoms with Crippen molar-refractivity contribution >= 4 is 5.91 Å². The number of nitrogens with zero attached hydrogens (tertiary/aromatic N) is 4. The molecule has 2 aromatic heterocycles. The Kier molecular flexibility index (Phi) is 3.90. The summed E-state index contributed by atoms with van der Waals surface area (Å²) in [5.74, 6) is 1.24. The largest absolute Gasteiger partial charge is 0.480 e. The van der Waals surface area contributed by atoms with E-state index in [1.807, 2.05) is 0 Å². The number of carbonyl (C=O) groups excluding carboxylic acids is 1. The second-order valence-electron chi connectivity index (χ2n) is 5.00. The smallest absolute Gasteiger partial charge is 0.276 e. The molecular weight excluding hydrogens is 288 g/mol. The standard InChI is InChI=1S/C14H16N4O4/c1-9-5-11(17-22-9)14(19)18-4-3-10(8-18)21-13-7-15-6-12(16-13)20-2/h5-7,10H,3-4,8H2,1-2H3. The minimum absolute atomic E-state index is 0.127. The molecule has 22 heavy (non-hydrogen) atoms. The zero-order valence-corrected chi connectivity index (χ0v) is 12.4. The van der Waals surface area contributed by atoms with Gasteiger partial charge in [0.25, 0.3) is 5.91 Å². The molecule has 0 N–H and O–H groups in total. The number of ether oxygens (including phenoxy) is 2. The quantitative estimate of drug-likeness (QED) is 0.834. The van der Waals surface area contributed by atoms with E-state index >= 15 is 0 Å². The van der Waals surface area contributed by atoms with Crippen LogP contribution in [0.25, 0.3) is 0 Å². The van der Waals surface area contributed by atoms with Gasteiger partial charge in [0.15, 0.2) is 5.69 Å². The molecule has 0 spiro atoms. The Bertz CT molecular complexity index is 672. The van der Waals surface area contributed by atoms with E-state index in [-0.39, 0.29) is 12.0 Å². The topological polar surface area (TPSA) is 90.6 Å². The van der Waals surface area contributed by atoms with Crippen molar-refractivity contribution in [3.8, 4) is 11.8 Å². The fourth-order valence-electron chi connectivity index (χ4n) is 2.30. The maximum atomic E-state index is 12.3. The molecule has 1 aliphatic rings. The lowest BCUT2D eigenvalue weighted by Crippen LogP contribution is -2.31. The van der Waals surface area contributed by atoms with E-state index in [9.17, 15) is 4.79 Å². The van der Waals surface area contributed by atoms with Gasteiger partial charge in [0.1, 0.15) is 11.9 Å². The van der Waals surface area contributed by atoms with Crippen LogP contribution in [0.15, 0.2) is 23.0 Å². The average Bonchev–Trinajstić information content (AvgIpc) is 3.16. The zero-order valence-electron chi connectivity index (χ0n) is 12.4. The van der Waals surface area contributed by atoms with Crippen molar-refractivity contribution < 1.29 is 18.8 Å². The summed E-state index contributed by atoms with van der Waals surface area (Å²) in [6, 6.07) is 1.63. The second-order valence-corrected chi connectivity index (χ2v) is 5.00. The highest BCUT2D eigenvalue weighted by Crippen LogP contribution is 2.19. The highest BCUT2D eigenvalue weighted by Gasteiger charge is 2.30. The van der Waals surface area contributed by atoms with Gasteiger partial charge in [-0.15, -0.1) is 0 Å². The van der Waals surface area contributed by atoms with Crippen LogP contribution in [0.4, 0.5) is 0 Å². The summed E-state index contributed by atoms with van der Waals surface area (Å²) < 4.78 is 15.7. The summed E-state index contributed by atoms with van der Waals surface area (Å²) in [4.78, 5) is 22.1. The van der Waals surface area contributed by atoms with Crippen LogP contribution in [0.2, 0.25) is 0 Å². The Hall–Kier alpha value is -2.64. The van der Waals surface area contributed by atoms with Crippen LogP contribution in [0.1, 0.15) is 22.7 Å². The summed E-state index contributed by atoms with van der Waals surface area (Å²) in [6.45, 7) is 2.83. The normalized spacial score (nSPS) is 17.5. The van der Waals surface area contributed by atoms with Gasteiger partial charge in [-0.3, -0.25) is 9.78 Å². The van der Waals surface area contributed by atoms with Gasteiger partial charge in [0.05, 0.1) is 26.0 Å². The average molecular weight is 304 g/mol. The fraction of sp³-hybridized carbons (Fsp3) is 0.429. The lowest BCUT2D eigenvalue weighted by molar-refractivity contribution is 0.0760. The molecule has 1 amide bonds. The van der Waals surface area contributed by atoms with Gasteiger partial charge < -0.3 is 18.9 Å². The molecule has 116 valence electrons. The van der Waals surface area contributed by atoms with Gasteiger partial charge in [-0.25, -0.2) is 0 Å². The lowest BCUT2D eigenvalue weighted by Gasteiger charge is -2.15. The summed E-state index contributed by atoms with van der Waals surface area (Å²) in [5.41, 5.74) is 0.319. The minimum Gasteiger partial charge on any atom is -0.480 e. The predicted octanol–water partition coefficient (Wildman–Crippen LogP) is 1.08. The summed E-state index contributed by atoms with van der Waals surface area (Å²) in [7, 11) is 1.52. The molecule has 8 nitrogen and oxygen atoms in total. The number of aryl methyl sites for hydroxylation is 1. The number of hydrogen-bond donors (Lipinski definition) is 0. The molecular formula is C14H16N4O4. The first-order chi connectivity index (χ1) is 10.7. The van der Waals surface area contributed by atoms with Gasteiger partial charge in [0, 0.05) is 19.0 Å². The van der Waals surface area contributed by atoms with Gasteiger partial charge in [-0.05, 0) is 6.92 Å². The molecule has 3 rings (SSSR count). The van der Waals surface area contributed by atoms with Crippen LogP contribution in [-0.2, 0) is 0 Å². The first-order valence-electron chi connectivity index (χ1n) is 6.91. The minimum atomic E-state index is -0.153. The number of aromatic nitrogens is 3. The van der Waals surface area contributed by atoms with Crippen molar-refractivity contribution in [2.75, 3.05) is 20.2 Å². The Morgan fingerprint density at radius 2 is 2.23 bits per heavy atom. The van der Waals surface area contributed by atoms with Gasteiger partial charge in [0.2, 0.25) is 11.8 Å². The maximum Gasteiger partial charge on any atom is 0.276 e. The molecule has 1 saturated heterocycles. The van der Waals surface area contributed by atoms with Crippen LogP contribution in [0, 0.1) is 6.92 Å². The maximum absolute atomic E-state index is 12.3. The third-order valence-corrected chi connectivity index (χ3v) is 3.37. The molecule has 0 bridgehead atoms. The second kappa shape index (κ2) is 6.00. The number of carbonyl (C=O) groups is 1. The number of rotatable bonds is 4. The van der Waals surface area contributed by atoms with Crippen LogP contribution in [0.3, 0.4) is 0 Å². The van der Waals surface area contributed by atoms with Gasteiger partial charge in [-0.1, -0.05) is 5.16 Å². The predicted molar refractivity (Wildman–Crippen MR) is 74.8 cm³/mol. The molecule has 0 aliphatic carbocycles. The first kappa shape index (κ1) is 14.3. The van der Waals surface area contributed by atoms with Crippen molar-refractivity contribution in [1.82, 2.24) is 20.0 Å². The Balaban J connectivity index is 1.61. The summed E-state index contributed by atoms with van der Waals surface area (Å²) >= 11 is 0. The van der Waals surface area contributed by atoms with E-state index in [1.165, 1.54) is 19.5 Å². The number of amides is 1. The Labute approximate surface area is 127 Å². The third kappa shape index (κ3) is 3.00. The van der Waals surface area contributed by atoms with Crippen LogP contribution >= 0.6 is 0 Å². The highest BCUT2D eigenvalue weighted by atomic mass is 16.5. The molecule has 0 aromatic carbocycles. The zero-order chi connectivity index (χ0) is 15.5. The molecule has 0 radical (unpaired) electrons. The van der Waals surface area contributed by atoms with Crippen LogP contribution < -0.4 is 9.47 Å². The van der Waals surface area contributed by atoms with E-state index < -0.39 is 0 Å². The van der Waals surface area contributed by atoms with Gasteiger partial charge in [-0.2, -0.15) is 4.98 Å². The van der Waals surface area contributed by atoms with E-state index in [0.29, 0.717) is 36.3 Å². The SMILES string of the molecule is COc1cncc(OC2CCN(C(=O)c3cc(C)on3)C2)n1. The van der Waals surface area contributed by atoms with Crippen LogP contribution in [0.5, 0.6) is 11.8 Å². The summed E-state index contributed by atoms with van der Waals surface area (Å²) in [6.07, 6.45) is 3.62.